The lowest BCUT2D eigenvalue weighted by Gasteiger charge is -2.31. The topological polar surface area (TPSA) is 38.3 Å². The normalized spacial score (nSPS) is 16.6. The van der Waals surface area contributed by atoms with E-state index in [1.165, 1.54) is 16.9 Å². The summed E-state index contributed by atoms with van der Waals surface area (Å²) in [4.78, 5) is 13.3. The number of hydrogen-bond donors (Lipinski definition) is 1. The van der Waals surface area contributed by atoms with Crippen LogP contribution in [0.2, 0.25) is 0 Å². The van der Waals surface area contributed by atoms with Crippen molar-refractivity contribution < 1.29 is 9.53 Å². The first-order valence-electron chi connectivity index (χ1n) is 7.25. The summed E-state index contributed by atoms with van der Waals surface area (Å²) >= 11 is 1.42. The van der Waals surface area contributed by atoms with E-state index in [4.69, 9.17) is 4.74 Å². The Morgan fingerprint density at radius 1 is 1.19 bits per heavy atom. The van der Waals surface area contributed by atoms with E-state index in [1.807, 2.05) is 29.6 Å². The van der Waals surface area contributed by atoms with E-state index in [9.17, 15) is 4.79 Å². The van der Waals surface area contributed by atoms with Crippen molar-refractivity contribution in [2.24, 2.45) is 0 Å². The second-order valence-corrected chi connectivity index (χ2v) is 6.34. The van der Waals surface area contributed by atoms with Gasteiger partial charge in [-0.1, -0.05) is 43.2 Å². The Morgan fingerprint density at radius 2 is 1.90 bits per heavy atom. The molecule has 1 heterocycles. The number of benzene rings is 1. The third kappa shape index (κ3) is 2.68. The van der Waals surface area contributed by atoms with Gasteiger partial charge in [-0.05, 0) is 29.9 Å². The summed E-state index contributed by atoms with van der Waals surface area (Å²) in [5, 5.41) is 5.16. The van der Waals surface area contributed by atoms with Gasteiger partial charge in [-0.15, -0.1) is 11.3 Å². The molecular formula is C17H19NO2S. The molecule has 0 radical (unpaired) electrons. The van der Waals surface area contributed by atoms with Crippen LogP contribution in [0.3, 0.4) is 0 Å². The first kappa shape index (κ1) is 14.1. The maximum Gasteiger partial charge on any atom is 0.265 e. The molecule has 1 amide bonds. The SMILES string of the molecule is COc1ccsc1C(=O)NC1(c2ccccc2)CCCC1. The number of carbonyl (C=O) groups excluding carboxylic acids is 1. The molecule has 0 aliphatic heterocycles. The van der Waals surface area contributed by atoms with Crippen LogP contribution in [-0.2, 0) is 5.54 Å². The molecule has 0 bridgehead atoms. The van der Waals surface area contributed by atoms with Crippen LogP contribution in [0.25, 0.3) is 0 Å². The van der Waals surface area contributed by atoms with Crippen molar-refractivity contribution in [3.05, 3.63) is 52.2 Å². The van der Waals surface area contributed by atoms with E-state index in [0.717, 1.165) is 25.7 Å². The Hall–Kier alpha value is -1.81. The Bertz CT molecular complexity index is 615. The summed E-state index contributed by atoms with van der Waals surface area (Å²) in [6.07, 6.45) is 4.29. The zero-order valence-electron chi connectivity index (χ0n) is 12.1. The molecule has 1 N–H and O–H groups in total. The van der Waals surface area contributed by atoms with Crippen LogP contribution in [0, 0.1) is 0 Å². The first-order chi connectivity index (χ1) is 10.2. The Labute approximate surface area is 129 Å². The monoisotopic (exact) mass is 301 g/mol. The molecule has 1 fully saturated rings. The highest BCUT2D eigenvalue weighted by Crippen LogP contribution is 2.39. The molecule has 3 nitrogen and oxygen atoms in total. The number of ether oxygens (including phenoxy) is 1. The average molecular weight is 301 g/mol. The molecule has 0 saturated heterocycles. The van der Waals surface area contributed by atoms with Crippen LogP contribution in [0.1, 0.15) is 40.9 Å². The standard InChI is InChI=1S/C17H19NO2S/c1-20-14-9-12-21-15(14)16(19)18-17(10-5-6-11-17)13-7-3-2-4-8-13/h2-4,7-9,12H,5-6,10-11H2,1H3,(H,18,19). The van der Waals surface area contributed by atoms with Crippen molar-refractivity contribution in [3.63, 3.8) is 0 Å². The molecule has 1 saturated carbocycles. The molecule has 21 heavy (non-hydrogen) atoms. The number of nitrogens with one attached hydrogen (secondary N) is 1. The van der Waals surface area contributed by atoms with Crippen LogP contribution in [0.4, 0.5) is 0 Å². The van der Waals surface area contributed by atoms with Gasteiger partial charge in [-0.25, -0.2) is 0 Å². The van der Waals surface area contributed by atoms with E-state index >= 15 is 0 Å². The Kier molecular flexibility index (Phi) is 3.97. The Morgan fingerprint density at radius 3 is 2.57 bits per heavy atom. The second kappa shape index (κ2) is 5.90. The van der Waals surface area contributed by atoms with Gasteiger partial charge in [0.15, 0.2) is 0 Å². The molecule has 1 aromatic heterocycles. The van der Waals surface area contributed by atoms with E-state index < -0.39 is 0 Å². The fraction of sp³-hybridized carbons (Fsp3) is 0.353. The van der Waals surface area contributed by atoms with E-state index in [2.05, 4.69) is 17.4 Å². The zero-order chi connectivity index (χ0) is 14.7. The lowest BCUT2D eigenvalue weighted by Crippen LogP contribution is -2.43. The minimum absolute atomic E-state index is 0.0346. The molecule has 0 unspecified atom stereocenters. The fourth-order valence-corrected chi connectivity index (χ4v) is 3.87. The molecule has 1 aromatic carbocycles. The van der Waals surface area contributed by atoms with Gasteiger partial charge >= 0.3 is 0 Å². The quantitative estimate of drug-likeness (QED) is 0.928. The predicted molar refractivity (Wildman–Crippen MR) is 84.9 cm³/mol. The van der Waals surface area contributed by atoms with Gasteiger partial charge in [-0.2, -0.15) is 0 Å². The van der Waals surface area contributed by atoms with Gasteiger partial charge in [0.05, 0.1) is 12.6 Å². The molecule has 110 valence electrons. The zero-order valence-corrected chi connectivity index (χ0v) is 12.9. The second-order valence-electron chi connectivity index (χ2n) is 5.43. The lowest BCUT2D eigenvalue weighted by molar-refractivity contribution is 0.0899. The van der Waals surface area contributed by atoms with Gasteiger partial charge in [0, 0.05) is 0 Å². The lowest BCUT2D eigenvalue weighted by atomic mass is 9.88. The minimum atomic E-state index is -0.229. The average Bonchev–Trinajstić information content (AvgIpc) is 3.17. The summed E-state index contributed by atoms with van der Waals surface area (Å²) in [5.41, 5.74) is 0.972. The minimum Gasteiger partial charge on any atom is -0.495 e. The van der Waals surface area contributed by atoms with Crippen molar-refractivity contribution in [3.8, 4) is 5.75 Å². The van der Waals surface area contributed by atoms with E-state index in [-0.39, 0.29) is 11.4 Å². The van der Waals surface area contributed by atoms with Crippen LogP contribution in [-0.4, -0.2) is 13.0 Å². The summed E-state index contributed by atoms with van der Waals surface area (Å²) < 4.78 is 5.26. The van der Waals surface area contributed by atoms with Gasteiger partial charge in [0.25, 0.3) is 5.91 Å². The van der Waals surface area contributed by atoms with Crippen LogP contribution < -0.4 is 10.1 Å². The highest BCUT2D eigenvalue weighted by Gasteiger charge is 2.37. The predicted octanol–water partition coefficient (Wildman–Crippen LogP) is 3.96. The fourth-order valence-electron chi connectivity index (χ4n) is 3.12. The van der Waals surface area contributed by atoms with E-state index in [1.54, 1.807) is 7.11 Å². The van der Waals surface area contributed by atoms with Crippen molar-refractivity contribution in [1.82, 2.24) is 5.32 Å². The number of hydrogen-bond acceptors (Lipinski definition) is 3. The number of methoxy groups -OCH3 is 1. The maximum absolute atomic E-state index is 12.6. The molecule has 2 aromatic rings. The largest absolute Gasteiger partial charge is 0.495 e. The van der Waals surface area contributed by atoms with Crippen molar-refractivity contribution in [2.75, 3.05) is 7.11 Å². The third-order valence-electron chi connectivity index (χ3n) is 4.19. The molecule has 1 aliphatic carbocycles. The number of rotatable bonds is 4. The van der Waals surface area contributed by atoms with Crippen molar-refractivity contribution in [1.29, 1.82) is 0 Å². The first-order valence-corrected chi connectivity index (χ1v) is 8.13. The number of carbonyl (C=O) groups is 1. The molecular weight excluding hydrogens is 282 g/mol. The number of thiophene rings is 1. The van der Waals surface area contributed by atoms with Crippen LogP contribution in [0.5, 0.6) is 5.75 Å². The van der Waals surface area contributed by atoms with Gasteiger partial charge in [0.2, 0.25) is 0 Å². The molecule has 1 aliphatic rings. The molecule has 0 spiro atoms. The molecule has 3 rings (SSSR count). The van der Waals surface area contributed by atoms with Crippen molar-refractivity contribution >= 4 is 17.2 Å². The summed E-state index contributed by atoms with van der Waals surface area (Å²) in [6.45, 7) is 0. The number of amides is 1. The van der Waals surface area contributed by atoms with Gasteiger partial charge in [-0.3, -0.25) is 4.79 Å². The van der Waals surface area contributed by atoms with Gasteiger partial charge in [0.1, 0.15) is 10.6 Å². The van der Waals surface area contributed by atoms with Crippen molar-refractivity contribution in [2.45, 2.75) is 31.2 Å². The Balaban J connectivity index is 1.88. The van der Waals surface area contributed by atoms with Gasteiger partial charge < -0.3 is 10.1 Å². The summed E-state index contributed by atoms with van der Waals surface area (Å²) in [7, 11) is 1.60. The highest BCUT2D eigenvalue weighted by molar-refractivity contribution is 7.12. The molecule has 4 heteroatoms. The smallest absolute Gasteiger partial charge is 0.265 e. The summed E-state index contributed by atoms with van der Waals surface area (Å²) in [5.74, 6) is 0.617. The summed E-state index contributed by atoms with van der Waals surface area (Å²) in [6, 6.07) is 12.1. The van der Waals surface area contributed by atoms with Crippen LogP contribution >= 0.6 is 11.3 Å². The maximum atomic E-state index is 12.6. The molecule has 0 atom stereocenters. The van der Waals surface area contributed by atoms with E-state index in [0.29, 0.717) is 10.6 Å². The van der Waals surface area contributed by atoms with Crippen LogP contribution in [0.15, 0.2) is 41.8 Å². The third-order valence-corrected chi connectivity index (χ3v) is 5.09. The highest BCUT2D eigenvalue weighted by atomic mass is 32.1.